The Balaban J connectivity index is 2.12. The molecular weight excluding hydrogens is 278 g/mol. The van der Waals surface area contributed by atoms with E-state index in [9.17, 15) is 9.59 Å². The van der Waals surface area contributed by atoms with Crippen LogP contribution in [0, 0.1) is 0 Å². The quantitative estimate of drug-likeness (QED) is 0.797. The van der Waals surface area contributed by atoms with Gasteiger partial charge >= 0.3 is 6.09 Å². The van der Waals surface area contributed by atoms with Crippen LogP contribution in [-0.2, 0) is 9.53 Å². The highest BCUT2D eigenvalue weighted by Gasteiger charge is 2.23. The van der Waals surface area contributed by atoms with Crippen LogP contribution < -0.4 is 5.32 Å². The van der Waals surface area contributed by atoms with E-state index in [2.05, 4.69) is 10.1 Å². The first kappa shape index (κ1) is 13.7. The number of carbonyl (C=O) groups excluding carboxylic acids is 2. The predicted octanol–water partition coefficient (Wildman–Crippen LogP) is 1.32. The van der Waals surface area contributed by atoms with Gasteiger partial charge in [-0.25, -0.2) is 4.79 Å². The molecule has 0 aromatic carbocycles. The molecule has 1 rings (SSSR count). The average Bonchev–Trinajstić information content (AvgIpc) is 2.07. The fraction of sp³-hybridized carbons (Fsp3) is 0.750. The molecule has 8 heteroatoms. The normalized spacial score (nSPS) is 15.3. The van der Waals surface area contributed by atoms with Gasteiger partial charge in [0, 0.05) is 13.1 Å². The molecule has 0 saturated carbocycles. The molecule has 0 aromatic heterocycles. The third-order valence-corrected chi connectivity index (χ3v) is 2.29. The van der Waals surface area contributed by atoms with Crippen LogP contribution in [0.3, 0.4) is 0 Å². The zero-order valence-electron chi connectivity index (χ0n) is 8.34. The van der Waals surface area contributed by atoms with Crippen molar-refractivity contribution in [3.05, 3.63) is 0 Å². The van der Waals surface area contributed by atoms with E-state index in [1.807, 2.05) is 0 Å². The molecule has 1 saturated heterocycles. The van der Waals surface area contributed by atoms with Crippen molar-refractivity contribution in [2.45, 2.75) is 10.2 Å². The minimum atomic E-state index is -1.64. The lowest BCUT2D eigenvalue weighted by molar-refractivity contribution is -0.133. The molecule has 1 heterocycles. The summed E-state index contributed by atoms with van der Waals surface area (Å²) in [6.07, 6.45) is 0.226. The van der Waals surface area contributed by atoms with Crippen molar-refractivity contribution in [1.29, 1.82) is 0 Å². The van der Waals surface area contributed by atoms with Gasteiger partial charge in [0.1, 0.15) is 13.2 Å². The van der Waals surface area contributed by atoms with E-state index in [0.29, 0.717) is 0 Å². The van der Waals surface area contributed by atoms with Crippen molar-refractivity contribution < 1.29 is 14.3 Å². The third-order valence-electron chi connectivity index (χ3n) is 1.96. The lowest BCUT2D eigenvalue weighted by Gasteiger charge is -2.30. The van der Waals surface area contributed by atoms with Crippen LogP contribution in [0.1, 0.15) is 6.42 Å². The molecule has 1 aliphatic heterocycles. The number of halogens is 3. The highest BCUT2D eigenvalue weighted by Crippen LogP contribution is 2.25. The summed E-state index contributed by atoms with van der Waals surface area (Å²) >= 11 is 16.1. The summed E-state index contributed by atoms with van der Waals surface area (Å²) in [5.41, 5.74) is 0. The maximum absolute atomic E-state index is 11.3. The molecule has 2 amide bonds. The molecular formula is C8H11Cl3N2O3. The van der Waals surface area contributed by atoms with Crippen molar-refractivity contribution in [2.75, 3.05) is 26.2 Å². The van der Waals surface area contributed by atoms with E-state index in [1.165, 1.54) is 0 Å². The molecule has 0 radical (unpaired) electrons. The van der Waals surface area contributed by atoms with Gasteiger partial charge < -0.3 is 15.0 Å². The summed E-state index contributed by atoms with van der Waals surface area (Å²) in [6.45, 7) is 1.02. The van der Waals surface area contributed by atoms with Gasteiger partial charge in [-0.1, -0.05) is 34.8 Å². The van der Waals surface area contributed by atoms with Gasteiger partial charge in [-0.15, -0.1) is 0 Å². The molecule has 1 fully saturated rings. The number of ether oxygens (including phenoxy) is 1. The summed E-state index contributed by atoms with van der Waals surface area (Å²) in [5.74, 6) is -0.142. The molecule has 1 N–H and O–H groups in total. The van der Waals surface area contributed by atoms with Crippen molar-refractivity contribution in [2.24, 2.45) is 0 Å². The third kappa shape index (κ3) is 5.09. The van der Waals surface area contributed by atoms with E-state index in [-0.39, 0.29) is 19.1 Å². The highest BCUT2D eigenvalue weighted by atomic mass is 35.6. The molecule has 16 heavy (non-hydrogen) atoms. The number of nitrogens with zero attached hydrogens (tertiary/aromatic N) is 1. The van der Waals surface area contributed by atoms with E-state index in [0.717, 1.165) is 19.5 Å². The van der Waals surface area contributed by atoms with Crippen molar-refractivity contribution in [3.63, 3.8) is 0 Å². The molecule has 0 aliphatic carbocycles. The van der Waals surface area contributed by atoms with Crippen LogP contribution >= 0.6 is 34.8 Å². The molecule has 5 nitrogen and oxygen atoms in total. The molecule has 0 atom stereocenters. The van der Waals surface area contributed by atoms with Gasteiger partial charge in [0.25, 0.3) is 0 Å². The standard InChI is InChI=1S/C8H11Cl3N2O3/c9-8(10,11)5-16-7(15)12-4-6(14)13-2-1-3-13/h1-5H2,(H,12,15). The van der Waals surface area contributed by atoms with E-state index >= 15 is 0 Å². The average molecular weight is 290 g/mol. The fourth-order valence-electron chi connectivity index (χ4n) is 1.02. The van der Waals surface area contributed by atoms with Crippen LogP contribution in [-0.4, -0.2) is 46.9 Å². The number of alkyl carbamates (subject to hydrolysis) is 1. The molecule has 0 unspecified atom stereocenters. The van der Waals surface area contributed by atoms with Crippen LogP contribution in [0.4, 0.5) is 4.79 Å². The second kappa shape index (κ2) is 5.80. The first-order valence-electron chi connectivity index (χ1n) is 4.63. The van der Waals surface area contributed by atoms with E-state index in [4.69, 9.17) is 34.8 Å². The summed E-state index contributed by atoms with van der Waals surface area (Å²) in [6, 6.07) is 0. The van der Waals surface area contributed by atoms with Crippen LogP contribution in [0.15, 0.2) is 0 Å². The van der Waals surface area contributed by atoms with Gasteiger partial charge in [-0.2, -0.15) is 0 Å². The topological polar surface area (TPSA) is 58.6 Å². The van der Waals surface area contributed by atoms with Crippen molar-refractivity contribution in [3.8, 4) is 0 Å². The Bertz CT molecular complexity index is 276. The molecule has 0 aromatic rings. The second-order valence-corrected chi connectivity index (χ2v) is 5.80. The number of carbonyl (C=O) groups is 2. The minimum Gasteiger partial charge on any atom is -0.445 e. The highest BCUT2D eigenvalue weighted by molar-refractivity contribution is 6.67. The Morgan fingerprint density at radius 1 is 1.31 bits per heavy atom. The molecule has 0 bridgehead atoms. The number of amides is 2. The Labute approximate surface area is 108 Å². The van der Waals surface area contributed by atoms with Gasteiger partial charge in [0.05, 0.1) is 0 Å². The van der Waals surface area contributed by atoms with Gasteiger partial charge in [0.15, 0.2) is 0 Å². The Morgan fingerprint density at radius 2 is 1.94 bits per heavy atom. The van der Waals surface area contributed by atoms with Crippen molar-refractivity contribution >= 4 is 46.8 Å². The Morgan fingerprint density at radius 3 is 2.38 bits per heavy atom. The van der Waals surface area contributed by atoms with Crippen LogP contribution in [0.2, 0.25) is 0 Å². The van der Waals surface area contributed by atoms with Gasteiger partial charge in [-0.05, 0) is 6.42 Å². The summed E-state index contributed by atoms with van der Waals surface area (Å²) in [4.78, 5) is 24.0. The summed E-state index contributed by atoms with van der Waals surface area (Å²) in [5, 5.41) is 2.28. The number of likely N-dealkylation sites (tertiary alicyclic amines) is 1. The largest absolute Gasteiger partial charge is 0.445 e. The number of hydrogen-bond donors (Lipinski definition) is 1. The lowest BCUT2D eigenvalue weighted by atomic mass is 10.2. The molecule has 0 spiro atoms. The molecule has 92 valence electrons. The van der Waals surface area contributed by atoms with E-state index < -0.39 is 9.89 Å². The second-order valence-electron chi connectivity index (χ2n) is 3.28. The van der Waals surface area contributed by atoms with Gasteiger partial charge in [0.2, 0.25) is 9.70 Å². The fourth-order valence-corrected chi connectivity index (χ4v) is 1.19. The number of alkyl halides is 3. The Hall–Kier alpha value is -0.390. The minimum absolute atomic E-state index is 0.0985. The maximum Gasteiger partial charge on any atom is 0.407 e. The smallest absolute Gasteiger partial charge is 0.407 e. The monoisotopic (exact) mass is 288 g/mol. The first-order chi connectivity index (χ1) is 7.38. The van der Waals surface area contributed by atoms with E-state index in [1.54, 1.807) is 4.90 Å². The van der Waals surface area contributed by atoms with Crippen LogP contribution in [0.25, 0.3) is 0 Å². The zero-order chi connectivity index (χ0) is 12.2. The zero-order valence-corrected chi connectivity index (χ0v) is 10.6. The molecule has 1 aliphatic rings. The number of nitrogens with one attached hydrogen (secondary N) is 1. The predicted molar refractivity (Wildman–Crippen MR) is 60.8 cm³/mol. The van der Waals surface area contributed by atoms with Crippen molar-refractivity contribution in [1.82, 2.24) is 10.2 Å². The maximum atomic E-state index is 11.3. The summed E-state index contributed by atoms with van der Waals surface area (Å²) < 4.78 is 2.93. The SMILES string of the molecule is O=C(NCC(=O)N1CCC1)OCC(Cl)(Cl)Cl. The Kier molecular flexibility index (Phi) is 4.95. The van der Waals surface area contributed by atoms with Gasteiger partial charge in [-0.3, -0.25) is 4.79 Å². The number of hydrogen-bond acceptors (Lipinski definition) is 3. The number of rotatable bonds is 3. The first-order valence-corrected chi connectivity index (χ1v) is 5.77. The lowest BCUT2D eigenvalue weighted by Crippen LogP contribution is -2.47. The summed E-state index contributed by atoms with van der Waals surface area (Å²) in [7, 11) is 0. The van der Waals surface area contributed by atoms with Crippen LogP contribution in [0.5, 0.6) is 0 Å².